The number of methoxy groups -OCH3 is 1. The number of amides is 3. The Bertz CT molecular complexity index is 1210. The lowest BCUT2D eigenvalue weighted by molar-refractivity contribution is -0.142. The van der Waals surface area contributed by atoms with Crippen molar-refractivity contribution in [2.24, 2.45) is 5.92 Å². The summed E-state index contributed by atoms with van der Waals surface area (Å²) >= 11 is 0. The van der Waals surface area contributed by atoms with Crippen LogP contribution in [0.5, 0.6) is 5.75 Å². The molecule has 3 amide bonds. The molecule has 0 saturated heterocycles. The number of nitrogens with zero attached hydrogens (tertiary/aromatic N) is 1. The average Bonchev–Trinajstić information content (AvgIpc) is 2.96. The lowest BCUT2D eigenvalue weighted by Gasteiger charge is -2.36. The van der Waals surface area contributed by atoms with E-state index < -0.39 is 29.7 Å². The van der Waals surface area contributed by atoms with E-state index in [1.165, 1.54) is 0 Å². The summed E-state index contributed by atoms with van der Waals surface area (Å²) in [6.07, 6.45) is 9.40. The average molecular weight is 578 g/mol. The number of hydrogen-bond donors (Lipinski definition) is 2. The molecule has 0 aliphatic carbocycles. The van der Waals surface area contributed by atoms with Gasteiger partial charge >= 0.3 is 6.09 Å². The fraction of sp³-hybridized carbons (Fsp3) is 0.500. The zero-order chi connectivity index (χ0) is 31.3. The molecule has 3 unspecified atom stereocenters. The zero-order valence-corrected chi connectivity index (χ0v) is 26.2. The monoisotopic (exact) mass is 577 g/mol. The Labute approximate surface area is 251 Å². The van der Waals surface area contributed by atoms with Gasteiger partial charge in [-0.3, -0.25) is 9.59 Å². The largest absolute Gasteiger partial charge is 0.497 e. The van der Waals surface area contributed by atoms with E-state index in [1.54, 1.807) is 81.3 Å². The fourth-order valence-corrected chi connectivity index (χ4v) is 4.57. The Morgan fingerprint density at radius 2 is 1.67 bits per heavy atom. The fourth-order valence-electron chi connectivity index (χ4n) is 4.57. The molecule has 8 heteroatoms. The second-order valence-electron chi connectivity index (χ2n) is 11.5. The Balaban J connectivity index is 2.61. The number of anilines is 1. The number of ether oxygens (including phenoxy) is 2. The SMILES string of the molecule is C#Cc1ccccc1C(C(=O)Nc1ccc(OC)cc1)N(CCCCCC)C(=O)C(NC(=O)OC(C)(C)C)C(C)CC. The van der Waals surface area contributed by atoms with E-state index in [-0.39, 0.29) is 11.8 Å². The summed E-state index contributed by atoms with van der Waals surface area (Å²) < 4.78 is 10.7. The van der Waals surface area contributed by atoms with Gasteiger partial charge in [0, 0.05) is 17.8 Å². The Hall–Kier alpha value is -3.99. The molecule has 3 atom stereocenters. The Morgan fingerprint density at radius 1 is 1.00 bits per heavy atom. The standard InChI is InChI=1S/C34H47N3O5/c1-9-12-13-16-23-37(32(39)29(24(4)10-2)36-33(40)42-34(5,6)7)30(28-18-15-14-17-25(28)11-3)31(38)35-26-19-21-27(41-8)22-20-26/h3,14-15,17-22,24,29-30H,9-10,12-13,16,23H2,1-2,4-8H3,(H,35,38)(H,36,40). The van der Waals surface area contributed by atoms with E-state index in [1.807, 2.05) is 13.8 Å². The smallest absolute Gasteiger partial charge is 0.408 e. The van der Waals surface area contributed by atoms with Gasteiger partial charge in [0.1, 0.15) is 23.4 Å². The van der Waals surface area contributed by atoms with Crippen LogP contribution in [0.25, 0.3) is 0 Å². The van der Waals surface area contributed by atoms with Crippen LogP contribution in [0.4, 0.5) is 10.5 Å². The van der Waals surface area contributed by atoms with Crippen LogP contribution < -0.4 is 15.4 Å². The van der Waals surface area contributed by atoms with Gasteiger partial charge in [0.05, 0.1) is 7.11 Å². The lowest BCUT2D eigenvalue weighted by Crippen LogP contribution is -2.55. The molecule has 0 heterocycles. The summed E-state index contributed by atoms with van der Waals surface area (Å²) in [4.78, 5) is 43.0. The molecule has 0 aliphatic rings. The number of nitrogens with one attached hydrogen (secondary N) is 2. The minimum absolute atomic E-state index is 0.226. The topological polar surface area (TPSA) is 97.0 Å². The summed E-state index contributed by atoms with van der Waals surface area (Å²) in [5, 5.41) is 5.77. The van der Waals surface area contributed by atoms with Gasteiger partial charge in [-0.05, 0) is 69.0 Å². The molecule has 42 heavy (non-hydrogen) atoms. The zero-order valence-electron chi connectivity index (χ0n) is 26.2. The van der Waals surface area contributed by atoms with Crippen LogP contribution in [0.15, 0.2) is 48.5 Å². The molecule has 0 radical (unpaired) electrons. The van der Waals surface area contributed by atoms with Gasteiger partial charge in [0.2, 0.25) is 5.91 Å². The molecule has 0 aliphatic heterocycles. The predicted molar refractivity (Wildman–Crippen MR) is 167 cm³/mol. The number of benzene rings is 2. The number of rotatable bonds is 14. The van der Waals surface area contributed by atoms with E-state index in [2.05, 4.69) is 23.5 Å². The number of carbonyl (C=O) groups is 3. The first kappa shape index (κ1) is 34.2. The molecule has 0 fully saturated rings. The number of unbranched alkanes of at least 4 members (excludes halogenated alkanes) is 3. The second kappa shape index (κ2) is 16.5. The van der Waals surface area contributed by atoms with Crippen LogP contribution >= 0.6 is 0 Å². The van der Waals surface area contributed by atoms with Crippen molar-refractivity contribution in [3.63, 3.8) is 0 Å². The van der Waals surface area contributed by atoms with Crippen LogP contribution in [0, 0.1) is 18.3 Å². The number of terminal acetylenes is 1. The van der Waals surface area contributed by atoms with Crippen LogP contribution in [-0.2, 0) is 14.3 Å². The van der Waals surface area contributed by atoms with E-state index in [4.69, 9.17) is 15.9 Å². The maximum atomic E-state index is 14.5. The number of alkyl carbamates (subject to hydrolysis) is 1. The van der Waals surface area contributed by atoms with Gasteiger partial charge in [-0.25, -0.2) is 4.79 Å². The third-order valence-corrected chi connectivity index (χ3v) is 7.02. The first-order valence-corrected chi connectivity index (χ1v) is 14.8. The summed E-state index contributed by atoms with van der Waals surface area (Å²) in [6.45, 7) is 11.6. The summed E-state index contributed by atoms with van der Waals surface area (Å²) in [7, 11) is 1.57. The van der Waals surface area contributed by atoms with Crippen molar-refractivity contribution in [2.75, 3.05) is 19.0 Å². The van der Waals surface area contributed by atoms with Crippen LogP contribution in [0.1, 0.15) is 90.8 Å². The second-order valence-corrected chi connectivity index (χ2v) is 11.5. The van der Waals surface area contributed by atoms with Gasteiger partial charge in [0.15, 0.2) is 0 Å². The first-order valence-electron chi connectivity index (χ1n) is 14.8. The van der Waals surface area contributed by atoms with Crippen LogP contribution in [0.2, 0.25) is 0 Å². The predicted octanol–water partition coefficient (Wildman–Crippen LogP) is 6.70. The van der Waals surface area contributed by atoms with Crippen molar-refractivity contribution < 1.29 is 23.9 Å². The highest BCUT2D eigenvalue weighted by Crippen LogP contribution is 2.29. The van der Waals surface area contributed by atoms with Gasteiger partial charge in [0.25, 0.3) is 5.91 Å². The van der Waals surface area contributed by atoms with Gasteiger partial charge in [-0.2, -0.15) is 0 Å². The highest BCUT2D eigenvalue weighted by atomic mass is 16.6. The molecule has 0 spiro atoms. The maximum Gasteiger partial charge on any atom is 0.408 e. The van der Waals surface area contributed by atoms with Gasteiger partial charge in [-0.1, -0.05) is 70.6 Å². The van der Waals surface area contributed by atoms with Gasteiger partial charge < -0.3 is 25.0 Å². The molecule has 0 aromatic heterocycles. The van der Waals surface area contributed by atoms with Crippen molar-refractivity contribution in [2.45, 2.75) is 91.3 Å². The molecule has 2 rings (SSSR count). The molecule has 0 bridgehead atoms. The molecular weight excluding hydrogens is 530 g/mol. The third kappa shape index (κ3) is 10.1. The molecule has 2 aromatic rings. The van der Waals surface area contributed by atoms with Crippen molar-refractivity contribution >= 4 is 23.6 Å². The van der Waals surface area contributed by atoms with E-state index in [0.717, 1.165) is 19.3 Å². The molecular formula is C34H47N3O5. The summed E-state index contributed by atoms with van der Waals surface area (Å²) in [5.74, 6) is 2.33. The van der Waals surface area contributed by atoms with Crippen molar-refractivity contribution in [3.05, 3.63) is 59.7 Å². The highest BCUT2D eigenvalue weighted by molar-refractivity contribution is 5.99. The lowest BCUT2D eigenvalue weighted by atomic mass is 9.94. The minimum Gasteiger partial charge on any atom is -0.497 e. The van der Waals surface area contributed by atoms with E-state index >= 15 is 0 Å². The molecule has 2 aromatic carbocycles. The summed E-state index contributed by atoms with van der Waals surface area (Å²) in [5.41, 5.74) is 0.862. The Kier molecular flexibility index (Phi) is 13.4. The van der Waals surface area contributed by atoms with E-state index in [9.17, 15) is 14.4 Å². The molecule has 2 N–H and O–H groups in total. The quantitative estimate of drug-likeness (QED) is 0.192. The van der Waals surface area contributed by atoms with Crippen molar-refractivity contribution in [3.8, 4) is 18.1 Å². The van der Waals surface area contributed by atoms with Crippen molar-refractivity contribution in [1.29, 1.82) is 0 Å². The molecule has 8 nitrogen and oxygen atoms in total. The van der Waals surface area contributed by atoms with Crippen LogP contribution in [0.3, 0.4) is 0 Å². The Morgan fingerprint density at radius 3 is 2.24 bits per heavy atom. The molecule has 228 valence electrons. The van der Waals surface area contributed by atoms with Crippen molar-refractivity contribution in [1.82, 2.24) is 10.2 Å². The highest BCUT2D eigenvalue weighted by Gasteiger charge is 2.38. The first-order chi connectivity index (χ1) is 19.9. The normalized spacial score (nSPS) is 13.2. The number of carbonyl (C=O) groups excluding carboxylic acids is 3. The van der Waals surface area contributed by atoms with E-state index in [0.29, 0.717) is 42.0 Å². The van der Waals surface area contributed by atoms with Gasteiger partial charge in [-0.15, -0.1) is 6.42 Å². The maximum absolute atomic E-state index is 14.5. The summed E-state index contributed by atoms with van der Waals surface area (Å²) in [6, 6.07) is 12.2. The van der Waals surface area contributed by atoms with Crippen LogP contribution in [-0.4, -0.2) is 48.1 Å². The third-order valence-electron chi connectivity index (χ3n) is 7.02. The minimum atomic E-state index is -1.04. The number of hydrogen-bond acceptors (Lipinski definition) is 5. The molecule has 0 saturated carbocycles.